The highest BCUT2D eigenvalue weighted by atomic mass is 16.6. The number of nitrogens with zero attached hydrogens (tertiary/aromatic N) is 1. The Bertz CT molecular complexity index is 430. The Hall–Kier alpha value is -2.04. The van der Waals surface area contributed by atoms with Gasteiger partial charge in [0.1, 0.15) is 11.4 Å². The van der Waals surface area contributed by atoms with E-state index in [1.54, 1.807) is 45.0 Å². The third-order valence-corrected chi connectivity index (χ3v) is 1.81. The molecule has 0 atom stereocenters. The van der Waals surface area contributed by atoms with Crippen LogP contribution in [0.1, 0.15) is 26.3 Å². The molecular weight excluding hydrogens is 218 g/mol. The van der Waals surface area contributed by atoms with Crippen molar-refractivity contribution in [2.24, 2.45) is 10.7 Å². The number of nitrogens with two attached hydrogens (primary N) is 2. The Morgan fingerprint density at radius 2 is 1.76 bits per heavy atom. The van der Waals surface area contributed by atoms with Gasteiger partial charge in [0, 0.05) is 11.3 Å². The average Bonchev–Trinajstić information content (AvgIpc) is 2.15. The van der Waals surface area contributed by atoms with Gasteiger partial charge >= 0.3 is 6.09 Å². The first-order valence-electron chi connectivity index (χ1n) is 5.21. The minimum Gasteiger partial charge on any atom is -0.442 e. The maximum Gasteiger partial charge on any atom is 0.436 e. The Morgan fingerprint density at radius 3 is 2.24 bits per heavy atom. The van der Waals surface area contributed by atoms with Crippen molar-refractivity contribution in [2.45, 2.75) is 26.4 Å². The van der Waals surface area contributed by atoms with Crippen molar-refractivity contribution in [3.05, 3.63) is 29.8 Å². The molecule has 17 heavy (non-hydrogen) atoms. The molecule has 0 bridgehead atoms. The molecule has 0 saturated heterocycles. The molecule has 0 fully saturated rings. The standard InChI is InChI=1S/C12H17N3O2/c1-12(2,3)17-11(16)15-10(14)8-4-6-9(13)7-5-8/h4-7H,13H2,1-3H3,(H2,14,15,16). The van der Waals surface area contributed by atoms with Crippen molar-refractivity contribution in [2.75, 3.05) is 5.73 Å². The molecular formula is C12H17N3O2. The van der Waals surface area contributed by atoms with Gasteiger partial charge in [-0.3, -0.25) is 0 Å². The van der Waals surface area contributed by atoms with E-state index < -0.39 is 11.7 Å². The van der Waals surface area contributed by atoms with E-state index in [2.05, 4.69) is 4.99 Å². The molecule has 5 heteroatoms. The van der Waals surface area contributed by atoms with Crippen LogP contribution in [-0.4, -0.2) is 17.5 Å². The highest BCUT2D eigenvalue weighted by molar-refractivity contribution is 6.02. The number of aliphatic imine (C=N–C) groups is 1. The predicted octanol–water partition coefficient (Wildman–Crippen LogP) is 1.91. The van der Waals surface area contributed by atoms with Crippen LogP contribution in [-0.2, 0) is 4.74 Å². The second kappa shape index (κ2) is 4.86. The van der Waals surface area contributed by atoms with Crippen molar-refractivity contribution in [1.82, 2.24) is 0 Å². The zero-order valence-electron chi connectivity index (χ0n) is 10.2. The number of amidine groups is 1. The predicted molar refractivity (Wildman–Crippen MR) is 67.8 cm³/mol. The number of carbonyl (C=O) groups is 1. The fraction of sp³-hybridized carbons (Fsp3) is 0.333. The SMILES string of the molecule is CC(C)(C)OC(=O)N=C(N)c1ccc(N)cc1. The van der Waals surface area contributed by atoms with Crippen LogP contribution in [0.4, 0.5) is 10.5 Å². The van der Waals surface area contributed by atoms with Crippen LogP contribution in [0.2, 0.25) is 0 Å². The number of hydrogen-bond donors (Lipinski definition) is 2. The van der Waals surface area contributed by atoms with E-state index in [0.717, 1.165) is 0 Å². The molecule has 5 nitrogen and oxygen atoms in total. The molecule has 1 aromatic carbocycles. The van der Waals surface area contributed by atoms with Crippen molar-refractivity contribution < 1.29 is 9.53 Å². The van der Waals surface area contributed by atoms with E-state index in [9.17, 15) is 4.79 Å². The van der Waals surface area contributed by atoms with Crippen molar-refractivity contribution in [1.29, 1.82) is 0 Å². The molecule has 1 amide bonds. The molecule has 0 unspecified atom stereocenters. The van der Waals surface area contributed by atoms with Gasteiger partial charge in [-0.15, -0.1) is 0 Å². The monoisotopic (exact) mass is 235 g/mol. The number of nitrogen functional groups attached to an aromatic ring is 1. The summed E-state index contributed by atoms with van der Waals surface area (Å²) in [5.41, 5.74) is 11.9. The molecule has 0 aliphatic heterocycles. The lowest BCUT2D eigenvalue weighted by molar-refractivity contribution is 0.0604. The van der Waals surface area contributed by atoms with E-state index in [0.29, 0.717) is 11.3 Å². The van der Waals surface area contributed by atoms with E-state index in [4.69, 9.17) is 16.2 Å². The van der Waals surface area contributed by atoms with Crippen LogP contribution >= 0.6 is 0 Å². The third-order valence-electron chi connectivity index (χ3n) is 1.81. The first-order valence-corrected chi connectivity index (χ1v) is 5.21. The van der Waals surface area contributed by atoms with E-state index >= 15 is 0 Å². The Kier molecular flexibility index (Phi) is 3.73. The lowest BCUT2D eigenvalue weighted by Gasteiger charge is -2.17. The van der Waals surface area contributed by atoms with Gasteiger partial charge in [0.2, 0.25) is 0 Å². The normalized spacial score (nSPS) is 12.3. The highest BCUT2D eigenvalue weighted by Gasteiger charge is 2.16. The van der Waals surface area contributed by atoms with Crippen LogP contribution < -0.4 is 11.5 Å². The smallest absolute Gasteiger partial charge is 0.436 e. The summed E-state index contributed by atoms with van der Waals surface area (Å²) < 4.78 is 5.02. The fourth-order valence-electron chi connectivity index (χ4n) is 1.10. The molecule has 0 aliphatic rings. The summed E-state index contributed by atoms with van der Waals surface area (Å²) in [6.45, 7) is 5.29. The minimum atomic E-state index is -0.702. The van der Waals surface area contributed by atoms with Crippen LogP contribution in [0.3, 0.4) is 0 Å². The van der Waals surface area contributed by atoms with E-state index in [1.165, 1.54) is 0 Å². The molecule has 0 spiro atoms. The molecule has 0 radical (unpaired) electrons. The highest BCUT2D eigenvalue weighted by Crippen LogP contribution is 2.09. The maximum absolute atomic E-state index is 11.4. The molecule has 0 heterocycles. The van der Waals surface area contributed by atoms with Gasteiger partial charge in [0.15, 0.2) is 0 Å². The van der Waals surface area contributed by atoms with Gasteiger partial charge in [0.05, 0.1) is 0 Å². The first-order chi connectivity index (χ1) is 7.78. The topological polar surface area (TPSA) is 90.7 Å². The van der Waals surface area contributed by atoms with Crippen molar-refractivity contribution in [3.63, 3.8) is 0 Å². The summed E-state index contributed by atoms with van der Waals surface area (Å²) >= 11 is 0. The first kappa shape index (κ1) is 13.0. The Balaban J connectivity index is 2.79. The molecule has 1 rings (SSSR count). The summed E-state index contributed by atoms with van der Waals surface area (Å²) in [4.78, 5) is 15.0. The Labute approximate surface area is 100 Å². The number of benzene rings is 1. The molecule has 92 valence electrons. The average molecular weight is 235 g/mol. The molecule has 0 saturated carbocycles. The van der Waals surface area contributed by atoms with E-state index in [-0.39, 0.29) is 5.84 Å². The molecule has 0 aliphatic carbocycles. The molecule has 1 aromatic rings. The van der Waals surface area contributed by atoms with Crippen molar-refractivity contribution >= 4 is 17.6 Å². The van der Waals surface area contributed by atoms with Crippen LogP contribution in [0.15, 0.2) is 29.3 Å². The summed E-state index contributed by atoms with van der Waals surface area (Å²) in [5.74, 6) is 0.110. The second-order valence-corrected chi connectivity index (χ2v) is 4.60. The number of ether oxygens (including phenoxy) is 1. The zero-order valence-corrected chi connectivity index (χ0v) is 10.2. The van der Waals surface area contributed by atoms with Gasteiger partial charge < -0.3 is 16.2 Å². The molecule has 4 N–H and O–H groups in total. The van der Waals surface area contributed by atoms with Crippen molar-refractivity contribution in [3.8, 4) is 0 Å². The number of carbonyl (C=O) groups excluding carboxylic acids is 1. The quantitative estimate of drug-likeness (QED) is 0.442. The van der Waals surface area contributed by atoms with Gasteiger partial charge in [-0.05, 0) is 45.0 Å². The fourth-order valence-corrected chi connectivity index (χ4v) is 1.10. The van der Waals surface area contributed by atoms with Crippen LogP contribution in [0.25, 0.3) is 0 Å². The lowest BCUT2D eigenvalue weighted by atomic mass is 10.2. The number of rotatable bonds is 1. The number of amides is 1. The summed E-state index contributed by atoms with van der Waals surface area (Å²) in [6.07, 6.45) is -0.702. The van der Waals surface area contributed by atoms with Gasteiger partial charge in [-0.1, -0.05) is 0 Å². The second-order valence-electron chi connectivity index (χ2n) is 4.60. The number of hydrogen-bond acceptors (Lipinski definition) is 3. The van der Waals surface area contributed by atoms with Gasteiger partial charge in [-0.2, -0.15) is 4.99 Å². The Morgan fingerprint density at radius 1 is 1.24 bits per heavy atom. The minimum absolute atomic E-state index is 0.110. The van der Waals surface area contributed by atoms with Crippen LogP contribution in [0, 0.1) is 0 Å². The summed E-state index contributed by atoms with van der Waals surface area (Å²) in [5, 5.41) is 0. The maximum atomic E-state index is 11.4. The summed E-state index contributed by atoms with van der Waals surface area (Å²) in [7, 11) is 0. The molecule has 0 aromatic heterocycles. The largest absolute Gasteiger partial charge is 0.442 e. The summed E-state index contributed by atoms with van der Waals surface area (Å²) in [6, 6.07) is 6.76. The lowest BCUT2D eigenvalue weighted by Crippen LogP contribution is -2.24. The van der Waals surface area contributed by atoms with Gasteiger partial charge in [0.25, 0.3) is 0 Å². The van der Waals surface area contributed by atoms with Gasteiger partial charge in [-0.25, -0.2) is 4.79 Å². The number of anilines is 1. The van der Waals surface area contributed by atoms with E-state index in [1.807, 2.05) is 0 Å². The van der Waals surface area contributed by atoms with Crippen LogP contribution in [0.5, 0.6) is 0 Å². The third kappa shape index (κ3) is 4.55. The zero-order chi connectivity index (χ0) is 13.1.